The summed E-state index contributed by atoms with van der Waals surface area (Å²) in [5.41, 5.74) is 2.64. The molecule has 78 valence electrons. The van der Waals surface area contributed by atoms with Crippen molar-refractivity contribution in [3.63, 3.8) is 0 Å². The third kappa shape index (κ3) is 1.67. The zero-order chi connectivity index (χ0) is 9.97. The van der Waals surface area contributed by atoms with Crippen LogP contribution in [0.25, 0.3) is 0 Å². The second-order valence-corrected chi connectivity index (χ2v) is 3.66. The molecule has 1 aliphatic heterocycles. The third-order valence-electron chi connectivity index (χ3n) is 2.74. The van der Waals surface area contributed by atoms with Crippen LogP contribution in [0.2, 0.25) is 0 Å². The molecule has 14 heavy (non-hydrogen) atoms. The minimum Gasteiger partial charge on any atom is -0.381 e. The molecule has 1 unspecified atom stereocenters. The molecule has 4 nitrogen and oxygen atoms in total. The zero-order valence-electron chi connectivity index (χ0n) is 8.79. The lowest BCUT2D eigenvalue weighted by Crippen LogP contribution is -2.31. The first-order chi connectivity index (χ1) is 6.83. The maximum absolute atomic E-state index is 5.46. The van der Waals surface area contributed by atoms with Crippen molar-refractivity contribution in [2.75, 3.05) is 19.8 Å². The van der Waals surface area contributed by atoms with Crippen molar-refractivity contribution >= 4 is 0 Å². The van der Waals surface area contributed by atoms with Crippen molar-refractivity contribution < 1.29 is 4.74 Å². The van der Waals surface area contributed by atoms with Gasteiger partial charge >= 0.3 is 0 Å². The Morgan fingerprint density at radius 1 is 1.71 bits per heavy atom. The van der Waals surface area contributed by atoms with Crippen LogP contribution in [0.4, 0.5) is 0 Å². The summed E-state index contributed by atoms with van der Waals surface area (Å²) in [5, 5.41) is 7.66. The van der Waals surface area contributed by atoms with Crippen LogP contribution in [-0.2, 0) is 18.3 Å². The van der Waals surface area contributed by atoms with Gasteiger partial charge in [-0.15, -0.1) is 0 Å². The SMILES string of the molecule is CCOCC1CNCc2c1cnn2C. The molecule has 2 heterocycles. The first-order valence-corrected chi connectivity index (χ1v) is 5.12. The lowest BCUT2D eigenvalue weighted by atomic mass is 9.97. The van der Waals surface area contributed by atoms with Crippen LogP contribution in [0, 0.1) is 0 Å². The molecule has 0 saturated carbocycles. The van der Waals surface area contributed by atoms with Crippen LogP contribution in [0.15, 0.2) is 6.20 Å². The van der Waals surface area contributed by atoms with Crippen LogP contribution >= 0.6 is 0 Å². The van der Waals surface area contributed by atoms with E-state index in [1.165, 1.54) is 11.3 Å². The van der Waals surface area contributed by atoms with Gasteiger partial charge in [0.25, 0.3) is 0 Å². The molecule has 4 heteroatoms. The Morgan fingerprint density at radius 2 is 2.57 bits per heavy atom. The quantitative estimate of drug-likeness (QED) is 0.769. The van der Waals surface area contributed by atoms with Crippen LogP contribution in [-0.4, -0.2) is 29.5 Å². The Kier molecular flexibility index (Phi) is 2.84. The molecule has 0 aliphatic carbocycles. The number of aromatic nitrogens is 2. The lowest BCUT2D eigenvalue weighted by molar-refractivity contribution is 0.129. The summed E-state index contributed by atoms with van der Waals surface area (Å²) in [7, 11) is 1.99. The summed E-state index contributed by atoms with van der Waals surface area (Å²) in [6.45, 7) is 5.53. The van der Waals surface area contributed by atoms with Crippen molar-refractivity contribution in [3.05, 3.63) is 17.5 Å². The Bertz CT molecular complexity index is 308. The van der Waals surface area contributed by atoms with E-state index in [0.29, 0.717) is 5.92 Å². The number of rotatable bonds is 3. The number of nitrogens with one attached hydrogen (secondary N) is 1. The standard InChI is InChI=1S/C10H17N3O/c1-3-14-7-8-4-11-6-10-9(8)5-12-13(10)2/h5,8,11H,3-4,6-7H2,1-2H3. The molecule has 1 aliphatic rings. The van der Waals surface area contributed by atoms with E-state index in [4.69, 9.17) is 4.74 Å². The fourth-order valence-electron chi connectivity index (χ4n) is 1.92. The van der Waals surface area contributed by atoms with Gasteiger partial charge in [-0.1, -0.05) is 0 Å². The van der Waals surface area contributed by atoms with Gasteiger partial charge in [-0.05, 0) is 6.92 Å². The monoisotopic (exact) mass is 195 g/mol. The van der Waals surface area contributed by atoms with Crippen molar-refractivity contribution in [3.8, 4) is 0 Å². The van der Waals surface area contributed by atoms with Gasteiger partial charge in [0.05, 0.1) is 18.5 Å². The largest absolute Gasteiger partial charge is 0.381 e. The first kappa shape index (κ1) is 9.68. The summed E-state index contributed by atoms with van der Waals surface area (Å²) in [6.07, 6.45) is 1.97. The average molecular weight is 195 g/mol. The zero-order valence-corrected chi connectivity index (χ0v) is 8.79. The van der Waals surface area contributed by atoms with Crippen molar-refractivity contribution in [2.24, 2.45) is 7.05 Å². The molecule has 0 spiro atoms. The van der Waals surface area contributed by atoms with Gasteiger partial charge in [-0.25, -0.2) is 0 Å². The second kappa shape index (κ2) is 4.11. The minimum atomic E-state index is 0.465. The van der Waals surface area contributed by atoms with Gasteiger partial charge in [0.1, 0.15) is 0 Å². The summed E-state index contributed by atoms with van der Waals surface area (Å²) >= 11 is 0. The molecule has 0 saturated heterocycles. The number of fused-ring (bicyclic) bond motifs is 1. The Morgan fingerprint density at radius 3 is 3.36 bits per heavy atom. The van der Waals surface area contributed by atoms with E-state index >= 15 is 0 Å². The fraction of sp³-hybridized carbons (Fsp3) is 0.700. The molecule has 0 fully saturated rings. The molecule has 1 aromatic rings. The summed E-state index contributed by atoms with van der Waals surface area (Å²) in [6, 6.07) is 0. The van der Waals surface area contributed by atoms with E-state index in [-0.39, 0.29) is 0 Å². The molecule has 1 atom stereocenters. The van der Waals surface area contributed by atoms with E-state index in [9.17, 15) is 0 Å². The molecular formula is C10H17N3O. The number of hydrogen-bond donors (Lipinski definition) is 1. The Labute approximate surface area is 84.3 Å². The van der Waals surface area contributed by atoms with Gasteiger partial charge in [-0.2, -0.15) is 5.10 Å². The summed E-state index contributed by atoms with van der Waals surface area (Å²) in [4.78, 5) is 0. The van der Waals surface area contributed by atoms with Crippen LogP contribution in [0.1, 0.15) is 24.1 Å². The Balaban J connectivity index is 2.14. The normalized spacial score (nSPS) is 20.9. The fourth-order valence-corrected chi connectivity index (χ4v) is 1.92. The van der Waals surface area contributed by atoms with Crippen LogP contribution < -0.4 is 5.32 Å². The van der Waals surface area contributed by atoms with Crippen LogP contribution in [0.5, 0.6) is 0 Å². The maximum Gasteiger partial charge on any atom is 0.0554 e. The second-order valence-electron chi connectivity index (χ2n) is 3.66. The molecule has 0 amide bonds. The summed E-state index contributed by atoms with van der Waals surface area (Å²) in [5.74, 6) is 0.465. The highest BCUT2D eigenvalue weighted by Crippen LogP contribution is 2.23. The Hall–Kier alpha value is -0.870. The minimum absolute atomic E-state index is 0.465. The number of hydrogen-bond acceptors (Lipinski definition) is 3. The summed E-state index contributed by atoms with van der Waals surface area (Å²) < 4.78 is 7.41. The molecule has 1 N–H and O–H groups in total. The van der Waals surface area contributed by atoms with E-state index in [1.807, 2.05) is 24.9 Å². The average Bonchev–Trinajstić information content (AvgIpc) is 2.58. The predicted molar refractivity (Wildman–Crippen MR) is 54.1 cm³/mol. The van der Waals surface area contributed by atoms with Gasteiger partial charge in [0, 0.05) is 38.2 Å². The number of ether oxygens (including phenoxy) is 1. The first-order valence-electron chi connectivity index (χ1n) is 5.12. The van der Waals surface area contributed by atoms with Crippen molar-refractivity contribution in [1.82, 2.24) is 15.1 Å². The van der Waals surface area contributed by atoms with Crippen molar-refractivity contribution in [2.45, 2.75) is 19.4 Å². The van der Waals surface area contributed by atoms with E-state index in [1.54, 1.807) is 0 Å². The molecular weight excluding hydrogens is 178 g/mol. The molecule has 0 radical (unpaired) electrons. The highest BCUT2D eigenvalue weighted by Gasteiger charge is 2.22. The smallest absolute Gasteiger partial charge is 0.0554 e. The van der Waals surface area contributed by atoms with Gasteiger partial charge < -0.3 is 10.1 Å². The van der Waals surface area contributed by atoms with Crippen LogP contribution in [0.3, 0.4) is 0 Å². The number of aryl methyl sites for hydroxylation is 1. The van der Waals surface area contributed by atoms with E-state index < -0.39 is 0 Å². The van der Waals surface area contributed by atoms with E-state index in [0.717, 1.165) is 26.3 Å². The third-order valence-corrected chi connectivity index (χ3v) is 2.74. The molecule has 2 rings (SSSR count). The lowest BCUT2D eigenvalue weighted by Gasteiger charge is -2.23. The van der Waals surface area contributed by atoms with Crippen molar-refractivity contribution in [1.29, 1.82) is 0 Å². The molecule has 0 bridgehead atoms. The highest BCUT2D eigenvalue weighted by molar-refractivity contribution is 5.25. The topological polar surface area (TPSA) is 39.1 Å². The van der Waals surface area contributed by atoms with Gasteiger partial charge in [0.2, 0.25) is 0 Å². The molecule has 1 aromatic heterocycles. The van der Waals surface area contributed by atoms with Gasteiger partial charge in [-0.3, -0.25) is 4.68 Å². The molecule has 0 aromatic carbocycles. The predicted octanol–water partition coefficient (Wildman–Crippen LogP) is 0.643. The van der Waals surface area contributed by atoms with E-state index in [2.05, 4.69) is 10.4 Å². The highest BCUT2D eigenvalue weighted by atomic mass is 16.5. The maximum atomic E-state index is 5.46. The number of nitrogens with zero attached hydrogens (tertiary/aromatic N) is 2. The van der Waals surface area contributed by atoms with Gasteiger partial charge in [0.15, 0.2) is 0 Å².